The Balaban J connectivity index is 2.16. The molecule has 19 heavy (non-hydrogen) atoms. The SMILES string of the molecule is Cc1ccc(C)c(COc2ccc(Cl)cc2CN)c1. The lowest BCUT2D eigenvalue weighted by atomic mass is 10.1. The molecule has 0 bridgehead atoms. The van der Waals surface area contributed by atoms with Crippen LogP contribution in [-0.2, 0) is 13.2 Å². The molecule has 2 nitrogen and oxygen atoms in total. The van der Waals surface area contributed by atoms with Crippen LogP contribution in [0.3, 0.4) is 0 Å². The average molecular weight is 276 g/mol. The molecule has 2 rings (SSSR count). The van der Waals surface area contributed by atoms with Crippen molar-refractivity contribution in [3.63, 3.8) is 0 Å². The molecule has 0 spiro atoms. The molecule has 0 unspecified atom stereocenters. The highest BCUT2D eigenvalue weighted by molar-refractivity contribution is 6.30. The molecule has 2 aromatic rings. The van der Waals surface area contributed by atoms with E-state index in [0.717, 1.165) is 11.3 Å². The van der Waals surface area contributed by atoms with Gasteiger partial charge in [0.05, 0.1) is 0 Å². The number of aryl methyl sites for hydroxylation is 2. The van der Waals surface area contributed by atoms with E-state index in [4.69, 9.17) is 22.1 Å². The van der Waals surface area contributed by atoms with Crippen molar-refractivity contribution >= 4 is 11.6 Å². The molecule has 0 amide bonds. The predicted molar refractivity (Wildman–Crippen MR) is 79.6 cm³/mol. The minimum atomic E-state index is 0.419. The standard InChI is InChI=1S/C16H18ClNO/c1-11-3-4-12(2)14(7-11)10-19-16-6-5-15(17)8-13(16)9-18/h3-8H,9-10,18H2,1-2H3. The molecular weight excluding hydrogens is 258 g/mol. The van der Waals surface area contributed by atoms with E-state index in [1.54, 1.807) is 0 Å². The molecule has 100 valence electrons. The number of halogens is 1. The van der Waals surface area contributed by atoms with Gasteiger partial charge in [-0.05, 0) is 43.2 Å². The summed E-state index contributed by atoms with van der Waals surface area (Å²) < 4.78 is 5.87. The number of hydrogen-bond acceptors (Lipinski definition) is 2. The van der Waals surface area contributed by atoms with Gasteiger partial charge in [-0.25, -0.2) is 0 Å². The topological polar surface area (TPSA) is 35.2 Å². The Morgan fingerprint density at radius 1 is 1.05 bits per heavy atom. The molecule has 0 radical (unpaired) electrons. The number of hydrogen-bond donors (Lipinski definition) is 1. The number of benzene rings is 2. The normalized spacial score (nSPS) is 10.5. The maximum absolute atomic E-state index is 5.95. The molecule has 0 heterocycles. The van der Waals surface area contributed by atoms with Gasteiger partial charge in [-0.3, -0.25) is 0 Å². The molecule has 2 N–H and O–H groups in total. The monoisotopic (exact) mass is 275 g/mol. The van der Waals surface area contributed by atoms with Crippen molar-refractivity contribution in [2.24, 2.45) is 5.73 Å². The Morgan fingerprint density at radius 3 is 2.58 bits per heavy atom. The highest BCUT2D eigenvalue weighted by Crippen LogP contribution is 2.24. The van der Waals surface area contributed by atoms with Gasteiger partial charge in [-0.15, -0.1) is 0 Å². The third-order valence-corrected chi connectivity index (χ3v) is 3.37. The van der Waals surface area contributed by atoms with Crippen molar-refractivity contribution in [3.8, 4) is 5.75 Å². The van der Waals surface area contributed by atoms with Gasteiger partial charge in [0, 0.05) is 17.1 Å². The number of rotatable bonds is 4. The van der Waals surface area contributed by atoms with Crippen LogP contribution in [0.4, 0.5) is 0 Å². The third-order valence-electron chi connectivity index (χ3n) is 3.13. The van der Waals surface area contributed by atoms with Gasteiger partial charge < -0.3 is 10.5 Å². The molecule has 0 aliphatic rings. The highest BCUT2D eigenvalue weighted by atomic mass is 35.5. The summed E-state index contributed by atoms with van der Waals surface area (Å²) in [5.41, 5.74) is 10.3. The van der Waals surface area contributed by atoms with Crippen LogP contribution in [0.2, 0.25) is 5.02 Å². The lowest BCUT2D eigenvalue weighted by molar-refractivity contribution is 0.302. The van der Waals surface area contributed by atoms with Gasteiger partial charge in [0.1, 0.15) is 12.4 Å². The van der Waals surface area contributed by atoms with E-state index in [9.17, 15) is 0 Å². The van der Waals surface area contributed by atoms with E-state index in [1.165, 1.54) is 16.7 Å². The van der Waals surface area contributed by atoms with Gasteiger partial charge in [-0.2, -0.15) is 0 Å². The zero-order valence-corrected chi connectivity index (χ0v) is 12.0. The van der Waals surface area contributed by atoms with Gasteiger partial charge >= 0.3 is 0 Å². The van der Waals surface area contributed by atoms with Crippen LogP contribution in [0.25, 0.3) is 0 Å². The number of ether oxygens (including phenoxy) is 1. The highest BCUT2D eigenvalue weighted by Gasteiger charge is 2.05. The first-order valence-corrected chi connectivity index (χ1v) is 6.65. The minimum Gasteiger partial charge on any atom is -0.489 e. The largest absolute Gasteiger partial charge is 0.489 e. The van der Waals surface area contributed by atoms with E-state index in [0.29, 0.717) is 18.2 Å². The summed E-state index contributed by atoms with van der Waals surface area (Å²) in [6, 6.07) is 11.9. The van der Waals surface area contributed by atoms with E-state index in [1.807, 2.05) is 18.2 Å². The summed E-state index contributed by atoms with van der Waals surface area (Å²) in [4.78, 5) is 0. The van der Waals surface area contributed by atoms with Crippen LogP contribution in [-0.4, -0.2) is 0 Å². The van der Waals surface area contributed by atoms with Gasteiger partial charge in [0.15, 0.2) is 0 Å². The van der Waals surface area contributed by atoms with Crippen molar-refractivity contribution in [1.29, 1.82) is 0 Å². The molecule has 3 heteroatoms. The minimum absolute atomic E-state index is 0.419. The molecule has 0 saturated carbocycles. The molecule has 0 saturated heterocycles. The summed E-state index contributed by atoms with van der Waals surface area (Å²) in [5, 5.41) is 0.680. The van der Waals surface area contributed by atoms with E-state index in [2.05, 4.69) is 32.0 Å². The smallest absolute Gasteiger partial charge is 0.124 e. The van der Waals surface area contributed by atoms with Crippen molar-refractivity contribution in [3.05, 3.63) is 63.7 Å². The van der Waals surface area contributed by atoms with E-state index in [-0.39, 0.29) is 0 Å². The van der Waals surface area contributed by atoms with Crippen LogP contribution >= 0.6 is 11.6 Å². The first kappa shape index (κ1) is 13.9. The van der Waals surface area contributed by atoms with Crippen LogP contribution in [0, 0.1) is 13.8 Å². The second-order valence-corrected chi connectivity index (χ2v) is 5.11. The quantitative estimate of drug-likeness (QED) is 0.915. The summed E-state index contributed by atoms with van der Waals surface area (Å²) in [6.45, 7) is 5.13. The maximum Gasteiger partial charge on any atom is 0.124 e. The fourth-order valence-corrected chi connectivity index (χ4v) is 2.15. The zero-order chi connectivity index (χ0) is 13.8. The number of nitrogens with two attached hydrogens (primary N) is 1. The van der Waals surface area contributed by atoms with E-state index < -0.39 is 0 Å². The summed E-state index contributed by atoms with van der Waals surface area (Å²) in [6.07, 6.45) is 0. The first-order chi connectivity index (χ1) is 9.10. The molecule has 0 atom stereocenters. The summed E-state index contributed by atoms with van der Waals surface area (Å²) >= 11 is 5.95. The molecule has 2 aromatic carbocycles. The Hall–Kier alpha value is -1.51. The Morgan fingerprint density at radius 2 is 1.84 bits per heavy atom. The lowest BCUT2D eigenvalue weighted by Gasteiger charge is -2.12. The van der Waals surface area contributed by atoms with Crippen molar-refractivity contribution in [2.75, 3.05) is 0 Å². The maximum atomic E-state index is 5.95. The summed E-state index contributed by atoms with van der Waals surface area (Å²) in [7, 11) is 0. The zero-order valence-electron chi connectivity index (χ0n) is 11.2. The Kier molecular flexibility index (Phi) is 4.46. The lowest BCUT2D eigenvalue weighted by Crippen LogP contribution is -2.03. The van der Waals surface area contributed by atoms with Crippen LogP contribution in [0.1, 0.15) is 22.3 Å². The fourth-order valence-electron chi connectivity index (χ4n) is 1.96. The van der Waals surface area contributed by atoms with Gasteiger partial charge in [-0.1, -0.05) is 35.4 Å². The summed E-state index contributed by atoms with van der Waals surface area (Å²) in [5.74, 6) is 0.799. The average Bonchev–Trinajstić information content (AvgIpc) is 2.40. The predicted octanol–water partition coefficient (Wildman–Crippen LogP) is 3.99. The van der Waals surface area contributed by atoms with Gasteiger partial charge in [0.2, 0.25) is 0 Å². The van der Waals surface area contributed by atoms with Crippen molar-refractivity contribution < 1.29 is 4.74 Å². The van der Waals surface area contributed by atoms with Gasteiger partial charge in [0.25, 0.3) is 0 Å². The van der Waals surface area contributed by atoms with Crippen LogP contribution < -0.4 is 10.5 Å². The molecule has 0 aliphatic carbocycles. The molecular formula is C16H18ClNO. The molecule has 0 aromatic heterocycles. The second-order valence-electron chi connectivity index (χ2n) is 4.67. The first-order valence-electron chi connectivity index (χ1n) is 6.27. The van der Waals surface area contributed by atoms with E-state index >= 15 is 0 Å². The van der Waals surface area contributed by atoms with Crippen molar-refractivity contribution in [1.82, 2.24) is 0 Å². The van der Waals surface area contributed by atoms with Crippen molar-refractivity contribution in [2.45, 2.75) is 27.0 Å². The fraction of sp³-hybridized carbons (Fsp3) is 0.250. The second kappa shape index (κ2) is 6.09. The molecule has 0 fully saturated rings. The van der Waals surface area contributed by atoms with Crippen LogP contribution in [0.15, 0.2) is 36.4 Å². The third kappa shape index (κ3) is 3.49. The Labute approximate surface area is 119 Å². The van der Waals surface area contributed by atoms with Crippen LogP contribution in [0.5, 0.6) is 5.75 Å². The molecule has 0 aliphatic heterocycles. The Bertz CT molecular complexity index is 581.